The van der Waals surface area contributed by atoms with Crippen molar-refractivity contribution in [2.24, 2.45) is 0 Å². The number of nitrogen functional groups attached to an aromatic ring is 1. The van der Waals surface area contributed by atoms with Gasteiger partial charge in [-0.25, -0.2) is 4.98 Å². The summed E-state index contributed by atoms with van der Waals surface area (Å²) in [6.45, 7) is 2.81. The molecule has 5 heteroatoms. The fourth-order valence-corrected chi connectivity index (χ4v) is 2.94. The van der Waals surface area contributed by atoms with Gasteiger partial charge in [-0.1, -0.05) is 6.07 Å². The molecule has 1 aromatic carbocycles. The highest BCUT2D eigenvalue weighted by Crippen LogP contribution is 2.18. The number of hydrogen-bond donors (Lipinski definition) is 1. The van der Waals surface area contributed by atoms with E-state index in [9.17, 15) is 4.21 Å². The van der Waals surface area contributed by atoms with E-state index in [4.69, 9.17) is 5.73 Å². The minimum absolute atomic E-state index is 0.617. The van der Waals surface area contributed by atoms with Crippen LogP contribution in [0.5, 0.6) is 0 Å². The summed E-state index contributed by atoms with van der Waals surface area (Å²) in [7, 11) is -1.02. The van der Waals surface area contributed by atoms with E-state index in [2.05, 4.69) is 4.98 Å². The molecule has 4 nitrogen and oxygen atoms in total. The zero-order chi connectivity index (χ0) is 13.0. The summed E-state index contributed by atoms with van der Waals surface area (Å²) >= 11 is 0. The summed E-state index contributed by atoms with van der Waals surface area (Å²) in [5.41, 5.74) is 7.59. The number of aromatic nitrogens is 2. The Bertz CT molecular complexity index is 537. The molecule has 0 radical (unpaired) electrons. The molecular weight excluding hydrogens is 246 g/mol. The molecule has 2 N–H and O–H groups in total. The lowest BCUT2D eigenvalue weighted by Gasteiger charge is -2.07. The first-order chi connectivity index (χ1) is 8.66. The Hall–Kier alpha value is -1.62. The number of hydrogen-bond acceptors (Lipinski definition) is 3. The van der Waals surface area contributed by atoms with Crippen LogP contribution >= 0.6 is 0 Å². The maximum Gasteiger partial charge on any atom is 0.0945 e. The normalized spacial score (nSPS) is 12.5. The summed E-state index contributed by atoms with van der Waals surface area (Å²) in [4.78, 5) is 4.71. The van der Waals surface area contributed by atoms with Gasteiger partial charge in [-0.2, -0.15) is 0 Å². The van der Waals surface area contributed by atoms with Gasteiger partial charge < -0.3 is 10.3 Å². The first-order valence-electron chi connectivity index (χ1n) is 5.87. The number of imidazole rings is 1. The Labute approximate surface area is 109 Å². The van der Waals surface area contributed by atoms with E-state index in [-0.39, 0.29) is 0 Å². The van der Waals surface area contributed by atoms with Crippen molar-refractivity contribution in [1.82, 2.24) is 9.55 Å². The molecule has 96 valence electrons. The van der Waals surface area contributed by atoms with Crippen molar-refractivity contribution in [3.8, 4) is 0 Å². The van der Waals surface area contributed by atoms with Crippen LogP contribution in [0.2, 0.25) is 0 Å². The molecule has 0 saturated heterocycles. The van der Waals surface area contributed by atoms with Crippen LogP contribution in [0.15, 0.2) is 41.8 Å². The Kier molecular flexibility index (Phi) is 4.15. The van der Waals surface area contributed by atoms with Crippen LogP contribution in [-0.4, -0.2) is 19.5 Å². The molecule has 1 atom stereocenters. The molecule has 18 heavy (non-hydrogen) atoms. The average Bonchev–Trinajstić information content (AvgIpc) is 2.81. The van der Waals surface area contributed by atoms with E-state index in [1.54, 1.807) is 12.5 Å². The number of nitrogens with zero attached hydrogens (tertiary/aromatic N) is 2. The molecule has 0 amide bonds. The van der Waals surface area contributed by atoms with Gasteiger partial charge in [0.2, 0.25) is 0 Å². The standard InChI is InChI=1S/C13H17N3OS/c1-11-3-4-13(12(14)9-11)18(17)8-2-6-16-7-5-15-10-16/h3-5,7,9-10H,2,6,8,14H2,1H3. The quantitative estimate of drug-likeness (QED) is 0.839. The van der Waals surface area contributed by atoms with Gasteiger partial charge in [-0.3, -0.25) is 4.21 Å². The number of anilines is 1. The van der Waals surface area contributed by atoms with Gasteiger partial charge in [0.15, 0.2) is 0 Å². The molecule has 0 aliphatic rings. The summed E-state index contributed by atoms with van der Waals surface area (Å²) in [6, 6.07) is 5.67. The van der Waals surface area contributed by atoms with Crippen LogP contribution < -0.4 is 5.73 Å². The molecule has 1 heterocycles. The number of aryl methyl sites for hydroxylation is 2. The zero-order valence-electron chi connectivity index (χ0n) is 10.4. The van der Waals surface area contributed by atoms with Crippen LogP contribution in [-0.2, 0) is 17.3 Å². The van der Waals surface area contributed by atoms with Gasteiger partial charge in [0.25, 0.3) is 0 Å². The second-order valence-electron chi connectivity index (χ2n) is 4.24. The predicted octanol–water partition coefficient (Wildman–Crippen LogP) is 1.97. The van der Waals surface area contributed by atoms with E-state index in [1.807, 2.05) is 35.9 Å². The first-order valence-corrected chi connectivity index (χ1v) is 7.19. The molecule has 0 saturated carbocycles. The zero-order valence-corrected chi connectivity index (χ0v) is 11.2. The number of rotatable bonds is 5. The van der Waals surface area contributed by atoms with E-state index in [0.717, 1.165) is 23.4 Å². The van der Waals surface area contributed by atoms with Gasteiger partial charge in [0.05, 0.1) is 22.0 Å². The van der Waals surface area contributed by atoms with Crippen LogP contribution in [0.25, 0.3) is 0 Å². The lowest BCUT2D eigenvalue weighted by molar-refractivity contribution is 0.658. The Morgan fingerprint density at radius 3 is 2.94 bits per heavy atom. The van der Waals surface area contributed by atoms with Crippen molar-refractivity contribution < 1.29 is 4.21 Å². The van der Waals surface area contributed by atoms with Crippen LogP contribution in [0.3, 0.4) is 0 Å². The molecule has 1 aromatic heterocycles. The summed E-state index contributed by atoms with van der Waals surface area (Å²) in [5.74, 6) is 0.617. The van der Waals surface area contributed by atoms with Gasteiger partial charge in [-0.15, -0.1) is 0 Å². The van der Waals surface area contributed by atoms with Crippen molar-refractivity contribution in [2.75, 3.05) is 11.5 Å². The van der Waals surface area contributed by atoms with Crippen molar-refractivity contribution in [1.29, 1.82) is 0 Å². The minimum atomic E-state index is -1.02. The van der Waals surface area contributed by atoms with Crippen LogP contribution in [0, 0.1) is 6.92 Å². The van der Waals surface area contributed by atoms with Crippen molar-refractivity contribution in [2.45, 2.75) is 24.8 Å². The van der Waals surface area contributed by atoms with E-state index in [1.165, 1.54) is 0 Å². The van der Waals surface area contributed by atoms with Crippen LogP contribution in [0.1, 0.15) is 12.0 Å². The van der Waals surface area contributed by atoms with Crippen molar-refractivity contribution >= 4 is 16.5 Å². The third-order valence-electron chi connectivity index (χ3n) is 2.72. The van der Waals surface area contributed by atoms with Crippen molar-refractivity contribution in [3.05, 3.63) is 42.5 Å². The van der Waals surface area contributed by atoms with Gasteiger partial charge in [0.1, 0.15) is 0 Å². The number of nitrogens with two attached hydrogens (primary N) is 1. The summed E-state index contributed by atoms with van der Waals surface area (Å²) in [5, 5.41) is 0. The third kappa shape index (κ3) is 3.20. The topological polar surface area (TPSA) is 60.9 Å². The van der Waals surface area contributed by atoms with Crippen LogP contribution in [0.4, 0.5) is 5.69 Å². The molecular formula is C13H17N3OS. The van der Waals surface area contributed by atoms with Gasteiger partial charge in [0, 0.05) is 30.4 Å². The lowest BCUT2D eigenvalue weighted by atomic mass is 10.2. The highest BCUT2D eigenvalue weighted by Gasteiger charge is 2.07. The third-order valence-corrected chi connectivity index (χ3v) is 4.24. The second-order valence-corrected chi connectivity index (χ2v) is 5.78. The smallest absolute Gasteiger partial charge is 0.0945 e. The van der Waals surface area contributed by atoms with Crippen molar-refractivity contribution in [3.63, 3.8) is 0 Å². The minimum Gasteiger partial charge on any atom is -0.398 e. The van der Waals surface area contributed by atoms with Gasteiger partial charge >= 0.3 is 0 Å². The molecule has 2 aromatic rings. The van der Waals surface area contributed by atoms with Gasteiger partial charge in [-0.05, 0) is 31.0 Å². The molecule has 2 rings (SSSR count). The number of benzene rings is 1. The highest BCUT2D eigenvalue weighted by atomic mass is 32.2. The highest BCUT2D eigenvalue weighted by molar-refractivity contribution is 7.85. The molecule has 0 aliphatic carbocycles. The Morgan fingerprint density at radius 1 is 1.44 bits per heavy atom. The Balaban J connectivity index is 1.91. The molecule has 0 fully saturated rings. The van der Waals surface area contributed by atoms with E-state index < -0.39 is 10.8 Å². The fraction of sp³-hybridized carbons (Fsp3) is 0.308. The molecule has 0 spiro atoms. The molecule has 0 aliphatic heterocycles. The largest absolute Gasteiger partial charge is 0.398 e. The summed E-state index contributed by atoms with van der Waals surface area (Å²) in [6.07, 6.45) is 6.26. The molecule has 1 unspecified atom stereocenters. The van der Waals surface area contributed by atoms with E-state index in [0.29, 0.717) is 11.4 Å². The second kappa shape index (κ2) is 5.82. The Morgan fingerprint density at radius 2 is 2.28 bits per heavy atom. The SMILES string of the molecule is Cc1ccc(S(=O)CCCn2ccnc2)c(N)c1. The maximum absolute atomic E-state index is 12.1. The van der Waals surface area contributed by atoms with E-state index >= 15 is 0 Å². The monoisotopic (exact) mass is 263 g/mol. The lowest BCUT2D eigenvalue weighted by Crippen LogP contribution is -2.05. The first kappa shape index (κ1) is 12.8. The maximum atomic E-state index is 12.1. The molecule has 0 bridgehead atoms. The predicted molar refractivity (Wildman–Crippen MR) is 73.7 cm³/mol. The average molecular weight is 263 g/mol. The fourth-order valence-electron chi connectivity index (χ4n) is 1.78. The summed E-state index contributed by atoms with van der Waals surface area (Å²) < 4.78 is 14.1.